The highest BCUT2D eigenvalue weighted by Gasteiger charge is 2.26. The minimum Gasteiger partial charge on any atom is -0.494 e. The van der Waals surface area contributed by atoms with Gasteiger partial charge in [0.2, 0.25) is 0 Å². The van der Waals surface area contributed by atoms with Gasteiger partial charge in [-0.25, -0.2) is 4.98 Å². The largest absolute Gasteiger partial charge is 0.494 e. The van der Waals surface area contributed by atoms with Gasteiger partial charge in [0.25, 0.3) is 11.5 Å². The number of Topliss-reactive ketones (excluding diaryl/α,β-unsaturated/α-hetero) is 1. The molecule has 8 heteroatoms. The summed E-state index contributed by atoms with van der Waals surface area (Å²) < 4.78 is 7.20. The van der Waals surface area contributed by atoms with E-state index in [9.17, 15) is 14.4 Å². The molecule has 7 nitrogen and oxygen atoms in total. The van der Waals surface area contributed by atoms with Gasteiger partial charge < -0.3 is 14.2 Å². The van der Waals surface area contributed by atoms with Gasteiger partial charge in [0.1, 0.15) is 11.3 Å². The fraction of sp³-hybridized carbons (Fsp3) is 0.259. The standard InChI is InChI=1S/C27H25N3O4S/c1-15-5-6-19-18(7-8-22(34-4)25(19)28-15)20-13-17-14-30(12-11-21(17)29(3)26(20)32)27(33)24-10-9-23(35-24)16(2)31/h5-10,13H,11-12,14H2,1-4H3. The molecule has 0 N–H and O–H groups in total. The molecular weight excluding hydrogens is 462 g/mol. The summed E-state index contributed by atoms with van der Waals surface area (Å²) in [4.78, 5) is 45.8. The van der Waals surface area contributed by atoms with Gasteiger partial charge in [-0.15, -0.1) is 11.3 Å². The Kier molecular flexibility index (Phi) is 5.76. The summed E-state index contributed by atoms with van der Waals surface area (Å²) in [5, 5.41) is 0.839. The number of rotatable bonds is 4. The highest BCUT2D eigenvalue weighted by Crippen LogP contribution is 2.34. The van der Waals surface area contributed by atoms with E-state index in [4.69, 9.17) is 4.74 Å². The highest BCUT2D eigenvalue weighted by atomic mass is 32.1. The molecule has 0 fully saturated rings. The van der Waals surface area contributed by atoms with Crippen molar-refractivity contribution in [3.63, 3.8) is 0 Å². The van der Waals surface area contributed by atoms with Crippen LogP contribution >= 0.6 is 11.3 Å². The first-order valence-corrected chi connectivity index (χ1v) is 12.2. The number of ether oxygens (including phenoxy) is 1. The molecule has 1 aromatic carbocycles. The van der Waals surface area contributed by atoms with Crippen molar-refractivity contribution < 1.29 is 14.3 Å². The number of carbonyl (C=O) groups is 2. The van der Waals surface area contributed by atoms with Crippen LogP contribution in [0.15, 0.2) is 47.3 Å². The zero-order chi connectivity index (χ0) is 24.9. The van der Waals surface area contributed by atoms with E-state index in [2.05, 4.69) is 4.98 Å². The Morgan fingerprint density at radius 2 is 1.83 bits per heavy atom. The van der Waals surface area contributed by atoms with Crippen molar-refractivity contribution >= 4 is 33.9 Å². The highest BCUT2D eigenvalue weighted by molar-refractivity contribution is 7.15. The van der Waals surface area contributed by atoms with E-state index in [1.54, 1.807) is 35.8 Å². The summed E-state index contributed by atoms with van der Waals surface area (Å²) in [6.07, 6.45) is 0.585. The molecule has 1 aliphatic heterocycles. The first-order chi connectivity index (χ1) is 16.8. The van der Waals surface area contributed by atoms with Gasteiger partial charge in [-0.2, -0.15) is 0 Å². The van der Waals surface area contributed by atoms with Crippen molar-refractivity contribution in [3.8, 4) is 16.9 Å². The minimum atomic E-state index is -0.0990. The number of benzene rings is 1. The van der Waals surface area contributed by atoms with Crippen LogP contribution in [0.25, 0.3) is 22.0 Å². The van der Waals surface area contributed by atoms with Crippen molar-refractivity contribution in [2.45, 2.75) is 26.8 Å². The van der Waals surface area contributed by atoms with E-state index in [-0.39, 0.29) is 17.2 Å². The third kappa shape index (κ3) is 3.93. The van der Waals surface area contributed by atoms with Gasteiger partial charge in [0.05, 0.1) is 16.9 Å². The number of carbonyl (C=O) groups excluding carboxylic acids is 2. The summed E-state index contributed by atoms with van der Waals surface area (Å²) in [7, 11) is 3.39. The lowest BCUT2D eigenvalue weighted by Crippen LogP contribution is -2.38. The predicted molar refractivity (Wildman–Crippen MR) is 136 cm³/mol. The maximum Gasteiger partial charge on any atom is 0.264 e. The Balaban J connectivity index is 1.57. The van der Waals surface area contributed by atoms with Crippen LogP contribution in [0, 0.1) is 6.92 Å². The SMILES string of the molecule is COc1ccc(-c2cc3c(n(C)c2=O)CCN(C(=O)c2ccc(C(C)=O)s2)C3)c2ccc(C)nc12. The first-order valence-electron chi connectivity index (χ1n) is 11.3. The molecule has 0 spiro atoms. The quantitative estimate of drug-likeness (QED) is 0.399. The average molecular weight is 488 g/mol. The van der Waals surface area contributed by atoms with Gasteiger partial charge in [0.15, 0.2) is 5.78 Å². The van der Waals surface area contributed by atoms with Crippen LogP contribution in [0.2, 0.25) is 0 Å². The number of hydrogen-bond acceptors (Lipinski definition) is 6. The molecule has 1 amide bonds. The molecule has 0 radical (unpaired) electrons. The van der Waals surface area contributed by atoms with Gasteiger partial charge in [-0.1, -0.05) is 6.07 Å². The van der Waals surface area contributed by atoms with Crippen LogP contribution in [0.3, 0.4) is 0 Å². The fourth-order valence-corrected chi connectivity index (χ4v) is 5.55. The molecule has 3 aromatic heterocycles. The molecule has 0 bridgehead atoms. The fourth-order valence-electron chi connectivity index (χ4n) is 4.68. The molecule has 0 saturated heterocycles. The lowest BCUT2D eigenvalue weighted by Gasteiger charge is -2.30. The van der Waals surface area contributed by atoms with Crippen molar-refractivity contribution in [2.75, 3.05) is 13.7 Å². The van der Waals surface area contributed by atoms with Crippen LogP contribution < -0.4 is 10.3 Å². The second-order valence-electron chi connectivity index (χ2n) is 8.76. The number of hydrogen-bond donors (Lipinski definition) is 0. The van der Waals surface area contributed by atoms with Crippen molar-refractivity contribution in [1.29, 1.82) is 0 Å². The summed E-state index contributed by atoms with van der Waals surface area (Å²) in [5.41, 5.74) is 4.71. The second kappa shape index (κ2) is 8.78. The molecular formula is C27H25N3O4S. The molecule has 5 rings (SSSR count). The summed E-state index contributed by atoms with van der Waals surface area (Å²) in [6, 6.07) is 12.9. The van der Waals surface area contributed by atoms with Crippen molar-refractivity contribution in [2.24, 2.45) is 7.05 Å². The number of fused-ring (bicyclic) bond motifs is 2. The van der Waals surface area contributed by atoms with Gasteiger partial charge in [-0.3, -0.25) is 14.4 Å². The number of ketones is 1. The predicted octanol–water partition coefficient (Wildman–Crippen LogP) is 4.38. The number of amides is 1. The molecule has 178 valence electrons. The number of thiophene rings is 1. The van der Waals surface area contributed by atoms with E-state index in [1.165, 1.54) is 18.3 Å². The van der Waals surface area contributed by atoms with E-state index in [0.717, 1.165) is 27.9 Å². The Morgan fingerprint density at radius 1 is 1.06 bits per heavy atom. The van der Waals surface area contributed by atoms with Gasteiger partial charge in [-0.05, 0) is 61.4 Å². The number of pyridine rings is 2. The number of nitrogens with zero attached hydrogens (tertiary/aromatic N) is 3. The molecule has 0 atom stereocenters. The lowest BCUT2D eigenvalue weighted by molar-refractivity contribution is 0.0737. The van der Waals surface area contributed by atoms with Crippen LogP contribution in [0.1, 0.15) is 43.2 Å². The van der Waals surface area contributed by atoms with Gasteiger partial charge in [0, 0.05) is 48.9 Å². The summed E-state index contributed by atoms with van der Waals surface area (Å²) in [5.74, 6) is 0.507. The maximum absolute atomic E-state index is 13.4. The second-order valence-corrected chi connectivity index (χ2v) is 9.84. The average Bonchev–Trinajstić information content (AvgIpc) is 3.35. The molecule has 4 heterocycles. The molecule has 0 unspecified atom stereocenters. The van der Waals surface area contributed by atoms with Crippen LogP contribution in [0.4, 0.5) is 0 Å². The number of aryl methyl sites for hydroxylation is 1. The van der Waals surface area contributed by atoms with E-state index >= 15 is 0 Å². The molecule has 1 aliphatic rings. The summed E-state index contributed by atoms with van der Waals surface area (Å²) in [6.45, 7) is 4.33. The topological polar surface area (TPSA) is 81.5 Å². The Morgan fingerprint density at radius 3 is 2.54 bits per heavy atom. The smallest absolute Gasteiger partial charge is 0.264 e. The molecule has 0 aliphatic carbocycles. The minimum absolute atomic E-state index is 0.0471. The first kappa shape index (κ1) is 23.0. The third-order valence-corrected chi connectivity index (χ3v) is 7.70. The van der Waals surface area contributed by atoms with Crippen LogP contribution in [0.5, 0.6) is 5.75 Å². The zero-order valence-corrected chi connectivity index (χ0v) is 20.9. The molecule has 4 aromatic rings. The van der Waals surface area contributed by atoms with Crippen molar-refractivity contribution in [3.05, 3.63) is 79.5 Å². The Hall–Kier alpha value is -3.78. The molecule has 35 heavy (non-hydrogen) atoms. The van der Waals surface area contributed by atoms with Gasteiger partial charge >= 0.3 is 0 Å². The van der Waals surface area contributed by atoms with Crippen LogP contribution in [-0.2, 0) is 20.0 Å². The normalized spacial score (nSPS) is 13.1. The van der Waals surface area contributed by atoms with Crippen molar-refractivity contribution in [1.82, 2.24) is 14.5 Å². The Labute approximate surface area is 206 Å². The Bertz CT molecular complexity index is 1570. The zero-order valence-electron chi connectivity index (χ0n) is 20.0. The summed E-state index contributed by atoms with van der Waals surface area (Å²) >= 11 is 1.22. The maximum atomic E-state index is 13.4. The third-order valence-electron chi connectivity index (χ3n) is 6.53. The van der Waals surface area contributed by atoms with Crippen LogP contribution in [-0.4, -0.2) is 39.8 Å². The van der Waals surface area contributed by atoms with E-state index in [1.807, 2.05) is 37.3 Å². The van der Waals surface area contributed by atoms with E-state index < -0.39 is 0 Å². The lowest BCUT2D eigenvalue weighted by atomic mass is 9.96. The number of aromatic nitrogens is 2. The van der Waals surface area contributed by atoms with E-state index in [0.29, 0.717) is 46.1 Å². The molecule has 0 saturated carbocycles. The number of methoxy groups -OCH3 is 1. The monoisotopic (exact) mass is 487 g/mol.